The van der Waals surface area contributed by atoms with E-state index < -0.39 is 5.54 Å². The molecule has 0 radical (unpaired) electrons. The maximum absolute atomic E-state index is 12.0. The third-order valence-corrected chi connectivity index (χ3v) is 4.11. The van der Waals surface area contributed by atoms with Gasteiger partial charge in [0, 0.05) is 27.1 Å². The van der Waals surface area contributed by atoms with Crippen LogP contribution in [0.25, 0.3) is 0 Å². The van der Waals surface area contributed by atoms with Gasteiger partial charge in [-0.1, -0.05) is 12.8 Å². The molecule has 1 spiro atoms. The highest BCUT2D eigenvalue weighted by atomic mass is 16.2. The minimum Gasteiger partial charge on any atom is -0.349 e. The third-order valence-electron chi connectivity index (χ3n) is 4.11. The van der Waals surface area contributed by atoms with Gasteiger partial charge in [-0.05, 0) is 19.3 Å². The van der Waals surface area contributed by atoms with Crippen LogP contribution in [0, 0.1) is 0 Å². The Morgan fingerprint density at radius 3 is 2.53 bits per heavy atom. The Morgan fingerprint density at radius 2 is 1.95 bits per heavy atom. The molecule has 1 aliphatic carbocycles. The first-order valence-electron chi connectivity index (χ1n) is 6.80. The second kappa shape index (κ2) is 5.19. The number of imide groups is 1. The van der Waals surface area contributed by atoms with Gasteiger partial charge < -0.3 is 9.80 Å². The van der Waals surface area contributed by atoms with Crippen molar-refractivity contribution in [2.24, 2.45) is 0 Å². The summed E-state index contributed by atoms with van der Waals surface area (Å²) in [5, 5.41) is 2.41. The fraction of sp³-hybridized carbons (Fsp3) is 0.769. The molecule has 0 atom stereocenters. The van der Waals surface area contributed by atoms with Gasteiger partial charge in [-0.25, -0.2) is 4.79 Å². The molecule has 19 heavy (non-hydrogen) atoms. The van der Waals surface area contributed by atoms with E-state index in [0.29, 0.717) is 19.4 Å². The minimum atomic E-state index is -0.627. The predicted molar refractivity (Wildman–Crippen MR) is 69.4 cm³/mol. The molecular formula is C13H21N3O3. The largest absolute Gasteiger partial charge is 0.349 e. The summed E-state index contributed by atoms with van der Waals surface area (Å²) < 4.78 is 0. The third kappa shape index (κ3) is 2.43. The topological polar surface area (TPSA) is 69.7 Å². The molecule has 0 aromatic rings. The molecule has 0 unspecified atom stereocenters. The van der Waals surface area contributed by atoms with Crippen molar-refractivity contribution in [3.05, 3.63) is 0 Å². The van der Waals surface area contributed by atoms with Crippen molar-refractivity contribution in [3.63, 3.8) is 0 Å². The van der Waals surface area contributed by atoms with Crippen LogP contribution < -0.4 is 5.32 Å². The Balaban J connectivity index is 1.96. The summed E-state index contributed by atoms with van der Waals surface area (Å²) in [4.78, 5) is 38.5. The monoisotopic (exact) mass is 267 g/mol. The van der Waals surface area contributed by atoms with Crippen LogP contribution in [0.2, 0.25) is 0 Å². The zero-order chi connectivity index (χ0) is 14.0. The van der Waals surface area contributed by atoms with Gasteiger partial charge in [0.05, 0.1) is 0 Å². The molecule has 4 amide bonds. The quantitative estimate of drug-likeness (QED) is 0.763. The SMILES string of the molecule is CN(C)C(=O)CCCN1C(=O)NC(=O)C12CCCC2. The Hall–Kier alpha value is -1.59. The zero-order valence-corrected chi connectivity index (χ0v) is 11.6. The van der Waals surface area contributed by atoms with Gasteiger partial charge >= 0.3 is 6.03 Å². The lowest BCUT2D eigenvalue weighted by Gasteiger charge is -2.31. The van der Waals surface area contributed by atoms with Crippen LogP contribution in [0.5, 0.6) is 0 Å². The minimum absolute atomic E-state index is 0.0476. The van der Waals surface area contributed by atoms with E-state index in [2.05, 4.69) is 5.32 Å². The number of rotatable bonds is 4. The van der Waals surface area contributed by atoms with Crippen LogP contribution in [0.3, 0.4) is 0 Å². The van der Waals surface area contributed by atoms with E-state index >= 15 is 0 Å². The van der Waals surface area contributed by atoms with Crippen molar-refractivity contribution in [1.29, 1.82) is 0 Å². The lowest BCUT2D eigenvalue weighted by Crippen LogP contribution is -2.47. The summed E-state index contributed by atoms with van der Waals surface area (Å²) in [6, 6.07) is -0.302. The van der Waals surface area contributed by atoms with Crippen LogP contribution in [-0.4, -0.2) is 53.8 Å². The molecule has 0 aromatic heterocycles. The molecule has 0 aromatic carbocycles. The number of hydrogen-bond donors (Lipinski definition) is 1. The van der Waals surface area contributed by atoms with Crippen LogP contribution in [0.1, 0.15) is 38.5 Å². The van der Waals surface area contributed by atoms with E-state index in [4.69, 9.17) is 0 Å². The molecule has 6 heteroatoms. The Bertz CT molecular complexity index is 400. The maximum Gasteiger partial charge on any atom is 0.325 e. The maximum atomic E-state index is 12.0. The average molecular weight is 267 g/mol. The van der Waals surface area contributed by atoms with Crippen LogP contribution in [-0.2, 0) is 9.59 Å². The molecule has 2 aliphatic rings. The van der Waals surface area contributed by atoms with Gasteiger partial charge in [0.25, 0.3) is 5.91 Å². The second-order valence-corrected chi connectivity index (χ2v) is 5.54. The van der Waals surface area contributed by atoms with E-state index in [-0.39, 0.29) is 17.8 Å². The number of hydrogen-bond acceptors (Lipinski definition) is 3. The summed E-state index contributed by atoms with van der Waals surface area (Å²) >= 11 is 0. The van der Waals surface area contributed by atoms with E-state index in [1.54, 1.807) is 23.9 Å². The summed E-state index contributed by atoms with van der Waals surface area (Å²) in [6.45, 7) is 0.469. The molecule has 6 nitrogen and oxygen atoms in total. The number of carbonyl (C=O) groups excluding carboxylic acids is 3. The predicted octanol–water partition coefficient (Wildman–Crippen LogP) is 0.719. The fourth-order valence-electron chi connectivity index (χ4n) is 2.98. The Labute approximate surface area is 113 Å². The summed E-state index contributed by atoms with van der Waals surface area (Å²) in [6.07, 6.45) is 4.45. The highest BCUT2D eigenvalue weighted by Crippen LogP contribution is 2.38. The van der Waals surface area contributed by atoms with E-state index in [9.17, 15) is 14.4 Å². The summed E-state index contributed by atoms with van der Waals surface area (Å²) in [7, 11) is 3.43. The molecular weight excluding hydrogens is 246 g/mol. The first-order chi connectivity index (χ1) is 8.97. The highest BCUT2D eigenvalue weighted by Gasteiger charge is 2.53. The van der Waals surface area contributed by atoms with Crippen molar-refractivity contribution >= 4 is 17.8 Å². The van der Waals surface area contributed by atoms with Gasteiger partial charge in [0.1, 0.15) is 5.54 Å². The molecule has 1 saturated heterocycles. The first kappa shape index (κ1) is 13.8. The molecule has 1 aliphatic heterocycles. The molecule has 1 saturated carbocycles. The van der Waals surface area contributed by atoms with Gasteiger partial charge in [-0.3, -0.25) is 14.9 Å². The molecule has 2 rings (SSSR count). The van der Waals surface area contributed by atoms with Crippen LogP contribution in [0.15, 0.2) is 0 Å². The lowest BCUT2D eigenvalue weighted by atomic mass is 9.96. The highest BCUT2D eigenvalue weighted by molar-refractivity contribution is 6.07. The first-order valence-corrected chi connectivity index (χ1v) is 6.80. The summed E-state index contributed by atoms with van der Waals surface area (Å²) in [5.41, 5.74) is -0.627. The Morgan fingerprint density at radius 1 is 1.32 bits per heavy atom. The van der Waals surface area contributed by atoms with Gasteiger partial charge in [-0.15, -0.1) is 0 Å². The number of carbonyl (C=O) groups is 3. The number of nitrogens with zero attached hydrogens (tertiary/aromatic N) is 2. The fourth-order valence-corrected chi connectivity index (χ4v) is 2.98. The van der Waals surface area contributed by atoms with Crippen molar-refractivity contribution in [1.82, 2.24) is 15.1 Å². The van der Waals surface area contributed by atoms with Crippen molar-refractivity contribution in [2.45, 2.75) is 44.1 Å². The summed E-state index contributed by atoms with van der Waals surface area (Å²) in [5.74, 6) is -0.111. The van der Waals surface area contributed by atoms with Gasteiger partial charge in [-0.2, -0.15) is 0 Å². The van der Waals surface area contributed by atoms with E-state index in [0.717, 1.165) is 25.7 Å². The molecule has 106 valence electrons. The second-order valence-electron chi connectivity index (χ2n) is 5.54. The molecule has 2 fully saturated rings. The molecule has 0 bridgehead atoms. The molecule has 1 heterocycles. The number of urea groups is 1. The molecule has 1 N–H and O–H groups in total. The van der Waals surface area contributed by atoms with E-state index in [1.165, 1.54) is 0 Å². The zero-order valence-electron chi connectivity index (χ0n) is 11.6. The smallest absolute Gasteiger partial charge is 0.325 e. The Kier molecular flexibility index (Phi) is 3.78. The number of amides is 4. The van der Waals surface area contributed by atoms with Crippen molar-refractivity contribution in [2.75, 3.05) is 20.6 Å². The van der Waals surface area contributed by atoms with E-state index in [1.807, 2.05) is 0 Å². The lowest BCUT2D eigenvalue weighted by molar-refractivity contribution is -0.128. The van der Waals surface area contributed by atoms with Gasteiger partial charge in [0.2, 0.25) is 5.91 Å². The van der Waals surface area contributed by atoms with Crippen LogP contribution >= 0.6 is 0 Å². The normalized spacial score (nSPS) is 21.1. The standard InChI is InChI=1S/C13H21N3O3/c1-15(2)10(17)6-5-9-16-12(19)14-11(18)13(16)7-3-4-8-13/h3-9H2,1-2H3,(H,14,18,19). The van der Waals surface area contributed by atoms with Gasteiger partial charge in [0.15, 0.2) is 0 Å². The van der Waals surface area contributed by atoms with Crippen LogP contribution in [0.4, 0.5) is 4.79 Å². The number of nitrogens with one attached hydrogen (secondary N) is 1. The van der Waals surface area contributed by atoms with Crippen molar-refractivity contribution in [3.8, 4) is 0 Å². The van der Waals surface area contributed by atoms with Crippen molar-refractivity contribution < 1.29 is 14.4 Å². The average Bonchev–Trinajstić information content (AvgIpc) is 2.91.